The van der Waals surface area contributed by atoms with Gasteiger partial charge in [-0.05, 0) is 0 Å². The minimum absolute atomic E-state index is 0. The van der Waals surface area contributed by atoms with E-state index < -0.39 is 21.3 Å². The number of hydrogen-bond donors (Lipinski definition) is 0. The summed E-state index contributed by atoms with van der Waals surface area (Å²) in [6.45, 7) is 14.2. The summed E-state index contributed by atoms with van der Waals surface area (Å²) in [5.41, 5.74) is 16.8. The minimum atomic E-state index is -2.82. The molecule has 0 N–H and O–H groups in total. The van der Waals surface area contributed by atoms with Crippen LogP contribution in [0.3, 0.4) is 0 Å². The molecule has 4 aromatic rings. The molecule has 0 bridgehead atoms. The molecule has 6 rings (SSSR count). The Bertz CT molecular complexity index is 1630. The summed E-state index contributed by atoms with van der Waals surface area (Å²) in [6.07, 6.45) is 4.63. The number of hydrogen-bond acceptors (Lipinski definition) is 0. The predicted octanol–water partition coefficient (Wildman–Crippen LogP) is 5.09. The van der Waals surface area contributed by atoms with Crippen molar-refractivity contribution in [2.75, 3.05) is 0 Å². The molecule has 3 heteroatoms. The van der Waals surface area contributed by atoms with E-state index in [2.05, 4.69) is 139 Å². The number of rotatable bonds is 8. The van der Waals surface area contributed by atoms with Crippen LogP contribution in [0.2, 0.25) is 0 Å². The first-order valence-corrected chi connectivity index (χ1v) is 19.9. The largest absolute Gasteiger partial charge is 1.00 e. The van der Waals surface area contributed by atoms with Crippen LogP contribution in [0.1, 0.15) is 90.4 Å². The standard InChI is InChI=1S/C15H13.C13H10.C13H21.2ClH.Zr/c1-10-3-5-14-12(7-10)9-13-8-11(2)4-6-15(13)14;1-3-7-12(8-4-1)11-13-9-5-2-6-10-13;1-5-10-9-11(6-2)13(8-4)12(10)7-3;;;/h3-9H,1-2H3;1-10H;10H,5-8H2,1-4H3;2*1H;/q;;;;;+2/p-2. The third kappa shape index (κ3) is 5.98. The molecule has 0 aliphatic heterocycles. The number of benzene rings is 4. The molecule has 1 unspecified atom stereocenters. The predicted molar refractivity (Wildman–Crippen MR) is 178 cm³/mol. The van der Waals surface area contributed by atoms with Crippen molar-refractivity contribution in [2.24, 2.45) is 5.92 Å². The molecule has 0 aromatic heterocycles. The van der Waals surface area contributed by atoms with Crippen LogP contribution < -0.4 is 24.8 Å². The van der Waals surface area contributed by atoms with Crippen molar-refractivity contribution < 1.29 is 46.1 Å². The van der Waals surface area contributed by atoms with Crippen molar-refractivity contribution in [2.45, 2.75) is 70.9 Å². The zero-order valence-electron chi connectivity index (χ0n) is 27.0. The monoisotopic (exact) mass is 696 g/mol. The fraction of sp³-hybridized carbons (Fsp3) is 0.293. The van der Waals surface area contributed by atoms with Gasteiger partial charge in [0.15, 0.2) is 0 Å². The van der Waals surface area contributed by atoms with Gasteiger partial charge in [-0.3, -0.25) is 0 Å². The van der Waals surface area contributed by atoms with Crippen LogP contribution >= 0.6 is 0 Å². The van der Waals surface area contributed by atoms with Crippen molar-refractivity contribution in [3.8, 4) is 11.1 Å². The maximum absolute atomic E-state index is 2.82. The van der Waals surface area contributed by atoms with Crippen LogP contribution in [0.4, 0.5) is 0 Å². The van der Waals surface area contributed by atoms with Gasteiger partial charge < -0.3 is 24.8 Å². The second kappa shape index (κ2) is 14.9. The maximum Gasteiger partial charge on any atom is -1.00 e. The summed E-state index contributed by atoms with van der Waals surface area (Å²) in [5, 5.41) is 0. The summed E-state index contributed by atoms with van der Waals surface area (Å²) in [5.74, 6) is 0.568. The summed E-state index contributed by atoms with van der Waals surface area (Å²) in [7, 11) is 0. The first-order chi connectivity index (χ1) is 20.5. The van der Waals surface area contributed by atoms with Gasteiger partial charge in [0.25, 0.3) is 0 Å². The fourth-order valence-corrected chi connectivity index (χ4v) is 18.6. The van der Waals surface area contributed by atoms with Gasteiger partial charge in [-0.25, -0.2) is 0 Å². The molecule has 0 nitrogen and oxygen atoms in total. The molecule has 0 amide bonds. The van der Waals surface area contributed by atoms with Crippen LogP contribution in [-0.2, 0) is 21.3 Å². The van der Waals surface area contributed by atoms with E-state index in [9.17, 15) is 0 Å². The van der Waals surface area contributed by atoms with E-state index in [0.717, 1.165) is 19.3 Å². The Hall–Kier alpha value is -2.31. The van der Waals surface area contributed by atoms with E-state index in [4.69, 9.17) is 0 Å². The van der Waals surface area contributed by atoms with Crippen LogP contribution in [-0.4, -0.2) is 3.21 Å². The number of aryl methyl sites for hydroxylation is 2. The molecule has 0 spiro atoms. The van der Waals surface area contributed by atoms with Crippen molar-refractivity contribution >= 4 is 3.21 Å². The molecule has 2 aliphatic carbocycles. The van der Waals surface area contributed by atoms with Gasteiger partial charge in [0.1, 0.15) is 0 Å². The van der Waals surface area contributed by atoms with Gasteiger partial charge in [0.05, 0.1) is 0 Å². The van der Waals surface area contributed by atoms with E-state index in [0.29, 0.717) is 9.54 Å². The van der Waals surface area contributed by atoms with E-state index >= 15 is 0 Å². The van der Waals surface area contributed by atoms with Gasteiger partial charge in [-0.15, -0.1) is 0 Å². The summed E-state index contributed by atoms with van der Waals surface area (Å²) in [6, 6.07) is 37.5. The Morgan fingerprint density at radius 3 is 1.48 bits per heavy atom. The zero-order valence-corrected chi connectivity index (χ0v) is 30.9. The molecule has 2 aliphatic rings. The van der Waals surface area contributed by atoms with Crippen LogP contribution in [0.25, 0.3) is 11.1 Å². The topological polar surface area (TPSA) is 0 Å². The Kier molecular flexibility index (Phi) is 11.7. The second-order valence-corrected chi connectivity index (χ2v) is 18.1. The van der Waals surface area contributed by atoms with Gasteiger partial charge in [-0.2, -0.15) is 0 Å². The van der Waals surface area contributed by atoms with Gasteiger partial charge >= 0.3 is 263 Å². The summed E-state index contributed by atoms with van der Waals surface area (Å²) >= 11 is -2.82. The van der Waals surface area contributed by atoms with Crippen LogP contribution in [0.15, 0.2) is 117 Å². The van der Waals surface area contributed by atoms with Crippen molar-refractivity contribution in [1.29, 1.82) is 0 Å². The molecule has 4 aromatic carbocycles. The molecule has 0 radical (unpaired) electrons. The van der Waals surface area contributed by atoms with E-state index in [-0.39, 0.29) is 24.8 Å². The zero-order chi connectivity index (χ0) is 29.4. The molecule has 0 fully saturated rings. The van der Waals surface area contributed by atoms with Gasteiger partial charge in [0.2, 0.25) is 0 Å². The quantitative estimate of drug-likeness (QED) is 0.241. The van der Waals surface area contributed by atoms with Crippen LogP contribution in [0, 0.1) is 19.8 Å². The van der Waals surface area contributed by atoms with Crippen LogP contribution in [0.5, 0.6) is 0 Å². The SMILES string of the molecule is CCC1=C(CC)C(CC)[C]([Zr+2](=[C](c2ccccc2)c2ccccc2)[CH]2c3cc(C)ccc3-c3ccc(C)cc32)=C1CC.[Cl-].[Cl-]. The van der Waals surface area contributed by atoms with Gasteiger partial charge in [-0.1, -0.05) is 0 Å². The average molecular weight is 699 g/mol. The summed E-state index contributed by atoms with van der Waals surface area (Å²) < 4.78 is 4.00. The average Bonchev–Trinajstić information content (AvgIpc) is 3.50. The first kappa shape index (κ1) is 34.6. The molecular weight excluding hydrogens is 655 g/mol. The fourth-order valence-electron chi connectivity index (χ4n) is 7.99. The third-order valence-electron chi connectivity index (χ3n) is 9.64. The minimum Gasteiger partial charge on any atom is -1.00 e. The Balaban J connectivity index is 0.00000221. The molecule has 0 heterocycles. The number of halogens is 2. The Morgan fingerprint density at radius 2 is 1.07 bits per heavy atom. The molecule has 44 heavy (non-hydrogen) atoms. The van der Waals surface area contributed by atoms with E-state index in [1.54, 1.807) is 31.1 Å². The first-order valence-electron chi connectivity index (χ1n) is 16.0. The van der Waals surface area contributed by atoms with Gasteiger partial charge in [0, 0.05) is 0 Å². The molecular formula is C41H44Cl2Zr. The third-order valence-corrected chi connectivity index (χ3v) is 18.4. The molecule has 0 saturated heterocycles. The molecule has 1 atom stereocenters. The summed E-state index contributed by atoms with van der Waals surface area (Å²) in [4.78, 5) is 0. The smallest absolute Gasteiger partial charge is 1.00 e. The van der Waals surface area contributed by atoms with E-state index in [1.165, 1.54) is 39.8 Å². The molecule has 0 saturated carbocycles. The van der Waals surface area contributed by atoms with E-state index in [1.807, 2.05) is 3.28 Å². The Morgan fingerprint density at radius 1 is 0.591 bits per heavy atom. The normalized spacial score (nSPS) is 15.2. The molecule has 226 valence electrons. The van der Waals surface area contributed by atoms with Crippen molar-refractivity contribution in [3.05, 3.63) is 150 Å². The number of fused-ring (bicyclic) bond motifs is 3. The van der Waals surface area contributed by atoms with Crippen molar-refractivity contribution in [1.82, 2.24) is 0 Å². The maximum atomic E-state index is 2.54. The van der Waals surface area contributed by atoms with Crippen molar-refractivity contribution in [3.63, 3.8) is 0 Å². The second-order valence-electron chi connectivity index (χ2n) is 12.1. The Labute approximate surface area is 285 Å². The number of allylic oxidation sites excluding steroid dienone is 4.